The summed E-state index contributed by atoms with van der Waals surface area (Å²) < 4.78 is 6.65. The Balaban J connectivity index is 2.66. The van der Waals surface area contributed by atoms with Crippen LogP contribution < -0.4 is 4.74 Å². The van der Waals surface area contributed by atoms with Gasteiger partial charge in [0, 0.05) is 30.4 Å². The van der Waals surface area contributed by atoms with Gasteiger partial charge in [0.05, 0.1) is 18.2 Å². The van der Waals surface area contributed by atoms with E-state index in [0.717, 1.165) is 0 Å². The van der Waals surface area contributed by atoms with Gasteiger partial charge in [-0.25, -0.2) is 4.98 Å². The van der Waals surface area contributed by atoms with E-state index < -0.39 is 4.92 Å². The molecule has 0 aromatic carbocycles. The Bertz CT molecular complexity index is 606. The van der Waals surface area contributed by atoms with Crippen molar-refractivity contribution < 1.29 is 9.66 Å². The number of rotatable bonds is 3. The van der Waals surface area contributed by atoms with Crippen molar-refractivity contribution in [2.75, 3.05) is 7.11 Å². The molecule has 0 bridgehead atoms. The molecule has 2 aromatic rings. The minimum Gasteiger partial charge on any atom is -0.481 e. The summed E-state index contributed by atoms with van der Waals surface area (Å²) in [5.74, 6) is 0.374. The topological polar surface area (TPSA) is 83.1 Å². The maximum Gasteiger partial charge on any atom is 0.296 e. The molecule has 0 aliphatic rings. The first-order valence-corrected chi connectivity index (χ1v) is 5.22. The van der Waals surface area contributed by atoms with Crippen LogP contribution in [0.4, 0.5) is 5.69 Å². The second-order valence-electron chi connectivity index (χ2n) is 3.84. The van der Waals surface area contributed by atoms with Crippen LogP contribution >= 0.6 is 0 Å². The number of pyridine rings is 1. The third kappa shape index (κ3) is 2.02. The van der Waals surface area contributed by atoms with Crippen LogP contribution in [0.25, 0.3) is 11.3 Å². The quantitative estimate of drug-likeness (QED) is 0.609. The van der Waals surface area contributed by atoms with Crippen molar-refractivity contribution in [3.05, 3.63) is 34.1 Å². The number of nitro groups is 1. The molecule has 0 atom stereocenters. The number of methoxy groups -OCH3 is 1. The number of hydrogen-bond donors (Lipinski definition) is 0. The summed E-state index contributed by atoms with van der Waals surface area (Å²) in [6, 6.07) is 1.45. The maximum atomic E-state index is 11.1. The smallest absolute Gasteiger partial charge is 0.296 e. The molecule has 0 fully saturated rings. The zero-order chi connectivity index (χ0) is 13.3. The van der Waals surface area contributed by atoms with E-state index in [1.54, 1.807) is 24.9 Å². The minimum absolute atomic E-state index is 0.0544. The molecule has 2 heterocycles. The van der Waals surface area contributed by atoms with Crippen molar-refractivity contribution >= 4 is 5.69 Å². The number of hydrogen-bond acceptors (Lipinski definition) is 5. The van der Waals surface area contributed by atoms with Crippen molar-refractivity contribution in [2.24, 2.45) is 7.05 Å². The van der Waals surface area contributed by atoms with Gasteiger partial charge in [-0.3, -0.25) is 14.8 Å². The van der Waals surface area contributed by atoms with Crippen molar-refractivity contribution in [1.82, 2.24) is 14.8 Å². The highest BCUT2D eigenvalue weighted by molar-refractivity contribution is 5.69. The van der Waals surface area contributed by atoms with Crippen LogP contribution in [0.5, 0.6) is 5.88 Å². The van der Waals surface area contributed by atoms with E-state index >= 15 is 0 Å². The molecule has 7 heteroatoms. The molecule has 0 unspecified atom stereocenters. The first kappa shape index (κ1) is 12.0. The van der Waals surface area contributed by atoms with Gasteiger partial charge in [0.25, 0.3) is 5.69 Å². The normalized spacial score (nSPS) is 10.4. The summed E-state index contributed by atoms with van der Waals surface area (Å²) >= 11 is 0. The first-order chi connectivity index (χ1) is 8.52. The lowest BCUT2D eigenvalue weighted by Crippen LogP contribution is -1.99. The fourth-order valence-corrected chi connectivity index (χ4v) is 1.68. The maximum absolute atomic E-state index is 11.1. The molecule has 0 aliphatic heterocycles. The molecule has 0 N–H and O–H groups in total. The van der Waals surface area contributed by atoms with Gasteiger partial charge in [-0.15, -0.1) is 0 Å². The zero-order valence-electron chi connectivity index (χ0n) is 10.2. The van der Waals surface area contributed by atoms with Crippen LogP contribution in [0.3, 0.4) is 0 Å². The Morgan fingerprint density at radius 2 is 2.22 bits per heavy atom. The summed E-state index contributed by atoms with van der Waals surface area (Å²) in [6.07, 6.45) is 3.20. The molecule has 2 rings (SSSR count). The molecule has 7 nitrogen and oxygen atoms in total. The fourth-order valence-electron chi connectivity index (χ4n) is 1.68. The second kappa shape index (κ2) is 4.44. The van der Waals surface area contributed by atoms with Crippen LogP contribution in [0.2, 0.25) is 0 Å². The number of ether oxygens (including phenoxy) is 1. The molecule has 18 heavy (non-hydrogen) atoms. The Morgan fingerprint density at radius 3 is 2.72 bits per heavy atom. The highest BCUT2D eigenvalue weighted by atomic mass is 16.6. The Morgan fingerprint density at radius 1 is 1.50 bits per heavy atom. The van der Waals surface area contributed by atoms with E-state index in [9.17, 15) is 10.1 Å². The third-order valence-corrected chi connectivity index (χ3v) is 2.51. The fraction of sp³-hybridized carbons (Fsp3) is 0.273. The number of aryl methyl sites for hydroxylation is 2. The largest absolute Gasteiger partial charge is 0.481 e. The van der Waals surface area contributed by atoms with E-state index in [4.69, 9.17) is 4.74 Å². The minimum atomic E-state index is -0.457. The predicted octanol–water partition coefficient (Wildman–Crippen LogP) is 1.71. The van der Waals surface area contributed by atoms with Crippen LogP contribution in [-0.4, -0.2) is 26.8 Å². The molecule has 0 saturated carbocycles. The second-order valence-corrected chi connectivity index (χ2v) is 3.84. The lowest BCUT2D eigenvalue weighted by atomic mass is 10.1. The van der Waals surface area contributed by atoms with Gasteiger partial charge >= 0.3 is 0 Å². The summed E-state index contributed by atoms with van der Waals surface area (Å²) in [5, 5.41) is 15.0. The van der Waals surface area contributed by atoms with Gasteiger partial charge < -0.3 is 4.74 Å². The average Bonchev–Trinajstić information content (AvgIpc) is 2.75. The van der Waals surface area contributed by atoms with Gasteiger partial charge in [-0.1, -0.05) is 0 Å². The van der Waals surface area contributed by atoms with Gasteiger partial charge in [0.2, 0.25) is 5.88 Å². The van der Waals surface area contributed by atoms with E-state index in [1.165, 1.54) is 19.4 Å². The molecular formula is C11H12N4O3. The SMILES string of the molecule is COc1nc(-c2cnn(C)c2)c([N+](=O)[O-])cc1C. The predicted molar refractivity (Wildman–Crippen MR) is 64.4 cm³/mol. The van der Waals surface area contributed by atoms with Crippen molar-refractivity contribution in [3.8, 4) is 17.1 Å². The molecule has 0 radical (unpaired) electrons. The lowest BCUT2D eigenvalue weighted by Gasteiger charge is -2.06. The summed E-state index contributed by atoms with van der Waals surface area (Å²) in [5.41, 5.74) is 1.41. The van der Waals surface area contributed by atoms with Crippen LogP contribution in [0.1, 0.15) is 5.56 Å². The molecule has 0 aliphatic carbocycles. The molecule has 2 aromatic heterocycles. The third-order valence-electron chi connectivity index (χ3n) is 2.51. The average molecular weight is 248 g/mol. The van der Waals surface area contributed by atoms with Crippen molar-refractivity contribution in [1.29, 1.82) is 0 Å². The van der Waals surface area contributed by atoms with Gasteiger partial charge in [-0.2, -0.15) is 5.10 Å². The number of nitrogens with zero attached hydrogens (tertiary/aromatic N) is 4. The Labute approximate surface area is 103 Å². The molecule has 0 amide bonds. The zero-order valence-corrected chi connectivity index (χ0v) is 10.2. The molecule has 0 spiro atoms. The number of aromatic nitrogens is 3. The van der Waals surface area contributed by atoms with Gasteiger partial charge in [-0.05, 0) is 6.92 Å². The monoisotopic (exact) mass is 248 g/mol. The molecule has 0 saturated heterocycles. The van der Waals surface area contributed by atoms with E-state index in [2.05, 4.69) is 10.1 Å². The Hall–Kier alpha value is -2.44. The van der Waals surface area contributed by atoms with Crippen molar-refractivity contribution in [3.63, 3.8) is 0 Å². The van der Waals surface area contributed by atoms with Crippen LogP contribution in [-0.2, 0) is 7.05 Å². The summed E-state index contributed by atoms with van der Waals surface area (Å²) in [4.78, 5) is 14.8. The van der Waals surface area contributed by atoms with Crippen LogP contribution in [0, 0.1) is 17.0 Å². The molecule has 94 valence electrons. The summed E-state index contributed by atoms with van der Waals surface area (Å²) in [6.45, 7) is 1.71. The standard InChI is InChI=1S/C11H12N4O3/c1-7-4-9(15(16)17)10(13-11(7)18-3)8-5-12-14(2)6-8/h4-6H,1-3H3. The van der Waals surface area contributed by atoms with E-state index in [1.807, 2.05) is 0 Å². The van der Waals surface area contributed by atoms with Crippen molar-refractivity contribution in [2.45, 2.75) is 6.92 Å². The van der Waals surface area contributed by atoms with E-state index in [-0.39, 0.29) is 11.4 Å². The highest BCUT2D eigenvalue weighted by Gasteiger charge is 2.21. The van der Waals surface area contributed by atoms with Crippen LogP contribution in [0.15, 0.2) is 18.5 Å². The highest BCUT2D eigenvalue weighted by Crippen LogP contribution is 2.31. The first-order valence-electron chi connectivity index (χ1n) is 5.22. The lowest BCUT2D eigenvalue weighted by molar-refractivity contribution is -0.384. The van der Waals surface area contributed by atoms with Gasteiger partial charge in [0.15, 0.2) is 5.69 Å². The van der Waals surface area contributed by atoms with E-state index in [0.29, 0.717) is 17.0 Å². The summed E-state index contributed by atoms with van der Waals surface area (Å²) in [7, 11) is 3.22. The molecular weight excluding hydrogens is 236 g/mol. The van der Waals surface area contributed by atoms with Gasteiger partial charge in [0.1, 0.15) is 0 Å². The Kier molecular flexibility index (Phi) is 2.97.